The average Bonchev–Trinajstić information content (AvgIpc) is 3.11. The van der Waals surface area contributed by atoms with Crippen molar-refractivity contribution in [2.45, 2.75) is 51.4 Å². The lowest BCUT2D eigenvalue weighted by Gasteiger charge is -2.38. The van der Waals surface area contributed by atoms with Gasteiger partial charge in [0.05, 0.1) is 13.2 Å². The van der Waals surface area contributed by atoms with Crippen LogP contribution in [0.1, 0.15) is 57.4 Å². The molecule has 2 aromatic heterocycles. The summed E-state index contributed by atoms with van der Waals surface area (Å²) in [6, 6.07) is 2.17. The molecular formula is C20H26N4O2. The van der Waals surface area contributed by atoms with E-state index < -0.39 is 0 Å². The minimum Gasteiger partial charge on any atom is -0.380 e. The topological polar surface area (TPSA) is 64.3 Å². The van der Waals surface area contributed by atoms with E-state index in [0.29, 0.717) is 23.0 Å². The lowest BCUT2D eigenvalue weighted by molar-refractivity contribution is -0.0985. The highest BCUT2D eigenvalue weighted by atomic mass is 16.5. The van der Waals surface area contributed by atoms with Gasteiger partial charge in [0, 0.05) is 35.8 Å². The summed E-state index contributed by atoms with van der Waals surface area (Å²) in [5.74, 6) is 1.89. The van der Waals surface area contributed by atoms with Crippen LogP contribution in [0, 0.1) is 5.41 Å². The van der Waals surface area contributed by atoms with Crippen molar-refractivity contribution >= 4 is 5.69 Å². The third-order valence-corrected chi connectivity index (χ3v) is 5.82. The molecule has 0 radical (unpaired) electrons. The number of hydrogen-bond donors (Lipinski definition) is 0. The molecule has 0 atom stereocenters. The normalized spacial score (nSPS) is 22.0. The van der Waals surface area contributed by atoms with Crippen LogP contribution in [-0.2, 0) is 10.2 Å². The summed E-state index contributed by atoms with van der Waals surface area (Å²) in [4.78, 5) is 11.8. The Kier molecular flexibility index (Phi) is 3.45. The van der Waals surface area contributed by atoms with Crippen LogP contribution in [0.5, 0.6) is 0 Å². The Morgan fingerprint density at radius 3 is 2.62 bits per heavy atom. The zero-order valence-electron chi connectivity index (χ0n) is 15.8. The zero-order chi connectivity index (χ0) is 17.9. The van der Waals surface area contributed by atoms with Crippen LogP contribution >= 0.6 is 0 Å². The molecule has 2 aromatic rings. The second kappa shape index (κ2) is 5.52. The Balaban J connectivity index is 1.49. The van der Waals surface area contributed by atoms with E-state index in [0.717, 1.165) is 32.0 Å². The van der Waals surface area contributed by atoms with Gasteiger partial charge in [-0.1, -0.05) is 25.9 Å². The average molecular weight is 354 g/mol. The van der Waals surface area contributed by atoms with Crippen LogP contribution in [0.2, 0.25) is 0 Å². The molecule has 0 aromatic carbocycles. The standard InChI is InChI=1S/C20H26N4O2/c1-19(2,3)18-22-17(23-26-18)15-8-16(14(9-21-15)13-4-5-13)24-7-6-20(10-24)11-25-12-20/h8-9,13H,4-7,10-12H2,1-3H3. The molecule has 3 aliphatic rings. The Labute approximate surface area is 153 Å². The molecule has 26 heavy (non-hydrogen) atoms. The van der Waals surface area contributed by atoms with Crippen LogP contribution in [0.3, 0.4) is 0 Å². The maximum Gasteiger partial charge on any atom is 0.232 e. The molecule has 0 amide bonds. The highest BCUT2D eigenvalue weighted by Crippen LogP contribution is 2.47. The molecule has 0 N–H and O–H groups in total. The van der Waals surface area contributed by atoms with Gasteiger partial charge in [0.15, 0.2) is 0 Å². The van der Waals surface area contributed by atoms with Crippen LogP contribution in [0.4, 0.5) is 5.69 Å². The van der Waals surface area contributed by atoms with E-state index in [-0.39, 0.29) is 5.41 Å². The third kappa shape index (κ3) is 2.71. The molecule has 1 spiro atoms. The first-order chi connectivity index (χ1) is 12.4. The predicted octanol–water partition coefficient (Wildman–Crippen LogP) is 3.53. The number of nitrogens with zero attached hydrogens (tertiary/aromatic N) is 4. The van der Waals surface area contributed by atoms with Gasteiger partial charge in [-0.05, 0) is 36.8 Å². The van der Waals surface area contributed by atoms with E-state index in [1.165, 1.54) is 30.5 Å². The summed E-state index contributed by atoms with van der Waals surface area (Å²) in [6.07, 6.45) is 5.79. The van der Waals surface area contributed by atoms with E-state index in [4.69, 9.17) is 9.26 Å². The summed E-state index contributed by atoms with van der Waals surface area (Å²) >= 11 is 0. The molecule has 138 valence electrons. The fourth-order valence-corrected chi connectivity index (χ4v) is 3.96. The van der Waals surface area contributed by atoms with Crippen molar-refractivity contribution in [3.05, 3.63) is 23.7 Å². The van der Waals surface area contributed by atoms with Gasteiger partial charge in [0.2, 0.25) is 11.7 Å². The Morgan fingerprint density at radius 1 is 1.23 bits per heavy atom. The Bertz CT molecular complexity index is 831. The summed E-state index contributed by atoms with van der Waals surface area (Å²) in [7, 11) is 0. The van der Waals surface area contributed by atoms with Gasteiger partial charge >= 0.3 is 0 Å². The predicted molar refractivity (Wildman–Crippen MR) is 98.3 cm³/mol. The van der Waals surface area contributed by atoms with Crippen LogP contribution in [0.15, 0.2) is 16.8 Å². The summed E-state index contributed by atoms with van der Waals surface area (Å²) < 4.78 is 11.0. The number of ether oxygens (including phenoxy) is 1. The largest absolute Gasteiger partial charge is 0.380 e. The maximum atomic E-state index is 5.49. The molecule has 0 bridgehead atoms. The molecule has 3 fully saturated rings. The first kappa shape index (κ1) is 16.2. The first-order valence-electron chi connectivity index (χ1n) is 9.61. The second-order valence-corrected chi connectivity index (χ2v) is 9.24. The van der Waals surface area contributed by atoms with Crippen LogP contribution in [-0.4, -0.2) is 41.4 Å². The Morgan fingerprint density at radius 2 is 2.04 bits per heavy atom. The highest BCUT2D eigenvalue weighted by Gasteiger charge is 2.45. The van der Waals surface area contributed by atoms with Gasteiger partial charge in [0.25, 0.3) is 0 Å². The van der Waals surface area contributed by atoms with Gasteiger partial charge in [-0.2, -0.15) is 4.98 Å². The smallest absolute Gasteiger partial charge is 0.232 e. The number of anilines is 1. The molecular weight excluding hydrogens is 328 g/mol. The number of aromatic nitrogens is 3. The number of hydrogen-bond acceptors (Lipinski definition) is 6. The number of rotatable bonds is 3. The highest BCUT2D eigenvalue weighted by molar-refractivity contribution is 5.64. The van der Waals surface area contributed by atoms with E-state index >= 15 is 0 Å². The van der Waals surface area contributed by atoms with Crippen molar-refractivity contribution in [3.63, 3.8) is 0 Å². The summed E-state index contributed by atoms with van der Waals surface area (Å²) in [6.45, 7) is 10.2. The molecule has 2 saturated heterocycles. The van der Waals surface area contributed by atoms with Crippen molar-refractivity contribution in [2.24, 2.45) is 5.41 Å². The summed E-state index contributed by atoms with van der Waals surface area (Å²) in [5, 5.41) is 4.18. The van der Waals surface area contributed by atoms with E-state index in [1.807, 2.05) is 6.20 Å². The quantitative estimate of drug-likeness (QED) is 0.840. The molecule has 0 unspecified atom stereocenters. The van der Waals surface area contributed by atoms with Crippen LogP contribution in [0.25, 0.3) is 11.5 Å². The SMILES string of the molecule is CC(C)(C)c1nc(-c2cc(N3CCC4(COC4)C3)c(C3CC3)cn2)no1. The minimum absolute atomic E-state index is 0.159. The fraction of sp³-hybridized carbons (Fsp3) is 0.650. The molecule has 6 nitrogen and oxygen atoms in total. The van der Waals surface area contributed by atoms with Gasteiger partial charge in [-0.15, -0.1) is 0 Å². The third-order valence-electron chi connectivity index (χ3n) is 5.82. The lowest BCUT2D eigenvalue weighted by atomic mass is 9.85. The lowest BCUT2D eigenvalue weighted by Crippen LogP contribution is -2.44. The maximum absolute atomic E-state index is 5.49. The molecule has 4 heterocycles. The molecule has 1 saturated carbocycles. The van der Waals surface area contributed by atoms with E-state index in [9.17, 15) is 0 Å². The molecule has 1 aliphatic carbocycles. The molecule has 2 aliphatic heterocycles. The minimum atomic E-state index is -0.159. The van der Waals surface area contributed by atoms with Gasteiger partial charge in [0.1, 0.15) is 5.69 Å². The van der Waals surface area contributed by atoms with Crippen molar-refractivity contribution in [3.8, 4) is 11.5 Å². The Hall–Kier alpha value is -1.95. The zero-order valence-corrected chi connectivity index (χ0v) is 15.8. The van der Waals surface area contributed by atoms with Gasteiger partial charge < -0.3 is 14.2 Å². The summed E-state index contributed by atoms with van der Waals surface area (Å²) in [5.41, 5.74) is 3.70. The van der Waals surface area contributed by atoms with E-state index in [2.05, 4.69) is 46.9 Å². The van der Waals surface area contributed by atoms with Crippen LogP contribution < -0.4 is 4.90 Å². The van der Waals surface area contributed by atoms with Crippen molar-refractivity contribution in [1.82, 2.24) is 15.1 Å². The fourth-order valence-electron chi connectivity index (χ4n) is 3.96. The molecule has 5 rings (SSSR count). The first-order valence-corrected chi connectivity index (χ1v) is 9.61. The second-order valence-electron chi connectivity index (χ2n) is 9.24. The van der Waals surface area contributed by atoms with Gasteiger partial charge in [-0.3, -0.25) is 4.98 Å². The van der Waals surface area contributed by atoms with E-state index in [1.54, 1.807) is 0 Å². The van der Waals surface area contributed by atoms with Crippen molar-refractivity contribution in [1.29, 1.82) is 0 Å². The van der Waals surface area contributed by atoms with Crippen molar-refractivity contribution < 1.29 is 9.26 Å². The van der Waals surface area contributed by atoms with Crippen molar-refractivity contribution in [2.75, 3.05) is 31.2 Å². The molecule has 6 heteroatoms. The monoisotopic (exact) mass is 354 g/mol. The number of pyridine rings is 1. The van der Waals surface area contributed by atoms with Gasteiger partial charge in [-0.25, -0.2) is 0 Å².